The molecule has 114 valence electrons. The first-order valence-corrected chi connectivity index (χ1v) is 6.92. The van der Waals surface area contributed by atoms with Crippen LogP contribution in [0, 0.1) is 0 Å². The lowest BCUT2D eigenvalue weighted by molar-refractivity contribution is 0.354. The standard InChI is InChI=1S/C15H21N3O3/c1-11(16-7-6-15-17-10-21-18-15)8-12-4-5-13(19-2)14(9-12)20-3/h4-5,9-11,16H,6-8H2,1-3H3. The van der Waals surface area contributed by atoms with Gasteiger partial charge in [0.2, 0.25) is 6.39 Å². The van der Waals surface area contributed by atoms with E-state index in [-0.39, 0.29) is 0 Å². The minimum Gasteiger partial charge on any atom is -0.493 e. The molecule has 0 saturated heterocycles. The van der Waals surface area contributed by atoms with Gasteiger partial charge >= 0.3 is 0 Å². The summed E-state index contributed by atoms with van der Waals surface area (Å²) in [5, 5.41) is 7.22. The minimum atomic E-state index is 0.343. The van der Waals surface area contributed by atoms with Crippen LogP contribution in [0.4, 0.5) is 0 Å². The molecule has 0 aliphatic carbocycles. The first-order valence-electron chi connectivity index (χ1n) is 6.92. The first kappa shape index (κ1) is 15.3. The zero-order valence-corrected chi connectivity index (χ0v) is 12.6. The third-order valence-corrected chi connectivity index (χ3v) is 3.24. The molecule has 6 nitrogen and oxygen atoms in total. The summed E-state index contributed by atoms with van der Waals surface area (Å²) in [5.74, 6) is 2.23. The van der Waals surface area contributed by atoms with E-state index in [0.29, 0.717) is 6.04 Å². The first-order chi connectivity index (χ1) is 10.2. The van der Waals surface area contributed by atoms with Gasteiger partial charge in [0.15, 0.2) is 17.3 Å². The zero-order valence-electron chi connectivity index (χ0n) is 12.6. The van der Waals surface area contributed by atoms with Crippen LogP contribution in [-0.4, -0.2) is 36.9 Å². The van der Waals surface area contributed by atoms with Crippen molar-refractivity contribution >= 4 is 0 Å². The number of methoxy groups -OCH3 is 2. The second-order valence-corrected chi connectivity index (χ2v) is 4.85. The SMILES string of the molecule is COc1ccc(CC(C)NCCc2ncon2)cc1OC. The summed E-state index contributed by atoms with van der Waals surface area (Å²) in [5.41, 5.74) is 1.20. The van der Waals surface area contributed by atoms with E-state index in [0.717, 1.165) is 36.7 Å². The van der Waals surface area contributed by atoms with Crippen molar-refractivity contribution in [2.24, 2.45) is 0 Å². The van der Waals surface area contributed by atoms with E-state index in [4.69, 9.17) is 14.0 Å². The second-order valence-electron chi connectivity index (χ2n) is 4.85. The van der Waals surface area contributed by atoms with E-state index in [1.165, 1.54) is 12.0 Å². The van der Waals surface area contributed by atoms with Gasteiger partial charge in [-0.3, -0.25) is 0 Å². The van der Waals surface area contributed by atoms with E-state index < -0.39 is 0 Å². The number of benzene rings is 1. The maximum atomic E-state index is 5.32. The molecule has 1 aromatic heterocycles. The van der Waals surface area contributed by atoms with Crippen LogP contribution in [0.5, 0.6) is 11.5 Å². The van der Waals surface area contributed by atoms with Crippen molar-refractivity contribution in [3.8, 4) is 11.5 Å². The molecule has 1 heterocycles. The average molecular weight is 291 g/mol. The third kappa shape index (κ3) is 4.46. The van der Waals surface area contributed by atoms with Gasteiger partial charge in [0, 0.05) is 19.0 Å². The third-order valence-electron chi connectivity index (χ3n) is 3.24. The number of nitrogens with one attached hydrogen (secondary N) is 1. The van der Waals surface area contributed by atoms with Crippen molar-refractivity contribution in [1.82, 2.24) is 15.5 Å². The second kappa shape index (κ2) is 7.64. The Bertz CT molecular complexity index is 543. The normalized spacial score (nSPS) is 12.1. The molecule has 0 bridgehead atoms. The van der Waals surface area contributed by atoms with Crippen LogP contribution in [0.15, 0.2) is 29.1 Å². The predicted octanol–water partition coefficient (Wildman–Crippen LogP) is 1.85. The molecule has 0 amide bonds. The molecule has 0 spiro atoms. The van der Waals surface area contributed by atoms with Gasteiger partial charge in [-0.05, 0) is 31.0 Å². The van der Waals surface area contributed by atoms with Crippen molar-refractivity contribution in [2.75, 3.05) is 20.8 Å². The molecule has 0 fully saturated rings. The van der Waals surface area contributed by atoms with Crippen molar-refractivity contribution < 1.29 is 14.0 Å². The lowest BCUT2D eigenvalue weighted by Gasteiger charge is -2.15. The number of nitrogens with zero attached hydrogens (tertiary/aromatic N) is 2. The maximum absolute atomic E-state index is 5.32. The zero-order chi connectivity index (χ0) is 15.1. The van der Waals surface area contributed by atoms with Crippen molar-refractivity contribution in [3.63, 3.8) is 0 Å². The summed E-state index contributed by atoms with van der Waals surface area (Å²) in [4.78, 5) is 3.99. The summed E-state index contributed by atoms with van der Waals surface area (Å²) in [6.07, 6.45) is 3.02. The minimum absolute atomic E-state index is 0.343. The lowest BCUT2D eigenvalue weighted by atomic mass is 10.1. The fourth-order valence-electron chi connectivity index (χ4n) is 2.17. The molecule has 1 unspecified atom stereocenters. The summed E-state index contributed by atoms with van der Waals surface area (Å²) < 4.78 is 15.3. The molecule has 21 heavy (non-hydrogen) atoms. The average Bonchev–Trinajstić information content (AvgIpc) is 3.00. The van der Waals surface area contributed by atoms with Gasteiger partial charge in [-0.25, -0.2) is 0 Å². The monoisotopic (exact) mass is 291 g/mol. The number of rotatable bonds is 8. The molecule has 0 aliphatic heterocycles. The summed E-state index contributed by atoms with van der Waals surface area (Å²) in [6, 6.07) is 6.34. The Morgan fingerprint density at radius 1 is 1.24 bits per heavy atom. The van der Waals surface area contributed by atoms with Gasteiger partial charge in [-0.2, -0.15) is 4.98 Å². The molecular weight excluding hydrogens is 270 g/mol. The van der Waals surface area contributed by atoms with Crippen LogP contribution in [0.3, 0.4) is 0 Å². The molecule has 6 heteroatoms. The van der Waals surface area contributed by atoms with E-state index in [2.05, 4.69) is 28.4 Å². The van der Waals surface area contributed by atoms with E-state index in [9.17, 15) is 0 Å². The summed E-state index contributed by atoms with van der Waals surface area (Å²) in [6.45, 7) is 2.96. The Kier molecular flexibility index (Phi) is 5.57. The van der Waals surface area contributed by atoms with Gasteiger partial charge in [0.1, 0.15) is 0 Å². The molecule has 1 N–H and O–H groups in total. The Hall–Kier alpha value is -2.08. The van der Waals surface area contributed by atoms with Crippen LogP contribution in [0.1, 0.15) is 18.3 Å². The lowest BCUT2D eigenvalue weighted by Crippen LogP contribution is -2.30. The molecular formula is C15H21N3O3. The van der Waals surface area contributed by atoms with Crippen molar-refractivity contribution in [2.45, 2.75) is 25.8 Å². The van der Waals surface area contributed by atoms with Crippen molar-refractivity contribution in [3.05, 3.63) is 36.0 Å². The number of ether oxygens (including phenoxy) is 2. The molecule has 0 saturated carbocycles. The van der Waals surface area contributed by atoms with E-state index >= 15 is 0 Å². The van der Waals surface area contributed by atoms with Crippen LogP contribution in [0.25, 0.3) is 0 Å². The molecule has 0 aliphatic rings. The topological polar surface area (TPSA) is 69.4 Å². The smallest absolute Gasteiger partial charge is 0.213 e. The van der Waals surface area contributed by atoms with Crippen LogP contribution in [0.2, 0.25) is 0 Å². The van der Waals surface area contributed by atoms with Gasteiger partial charge in [-0.1, -0.05) is 11.2 Å². The van der Waals surface area contributed by atoms with Crippen LogP contribution < -0.4 is 14.8 Å². The number of hydrogen-bond donors (Lipinski definition) is 1. The van der Waals surface area contributed by atoms with Crippen LogP contribution >= 0.6 is 0 Å². The summed E-state index contributed by atoms with van der Waals surface area (Å²) >= 11 is 0. The van der Waals surface area contributed by atoms with Gasteiger partial charge in [0.05, 0.1) is 14.2 Å². The maximum Gasteiger partial charge on any atom is 0.213 e. The van der Waals surface area contributed by atoms with E-state index in [1.807, 2.05) is 12.1 Å². The Morgan fingerprint density at radius 3 is 2.71 bits per heavy atom. The van der Waals surface area contributed by atoms with Gasteiger partial charge in [-0.15, -0.1) is 0 Å². The highest BCUT2D eigenvalue weighted by Crippen LogP contribution is 2.27. The Balaban J connectivity index is 1.83. The van der Waals surface area contributed by atoms with Gasteiger partial charge < -0.3 is 19.3 Å². The fourth-order valence-corrected chi connectivity index (χ4v) is 2.17. The molecule has 2 rings (SSSR count). The summed E-state index contributed by atoms with van der Waals surface area (Å²) in [7, 11) is 3.29. The number of hydrogen-bond acceptors (Lipinski definition) is 6. The quantitative estimate of drug-likeness (QED) is 0.800. The van der Waals surface area contributed by atoms with Crippen LogP contribution in [-0.2, 0) is 12.8 Å². The molecule has 1 aromatic carbocycles. The highest BCUT2D eigenvalue weighted by Gasteiger charge is 2.08. The molecule has 1 atom stereocenters. The van der Waals surface area contributed by atoms with E-state index in [1.54, 1.807) is 14.2 Å². The largest absolute Gasteiger partial charge is 0.493 e. The Labute approximate surface area is 124 Å². The number of aromatic nitrogens is 2. The predicted molar refractivity (Wildman–Crippen MR) is 78.7 cm³/mol. The van der Waals surface area contributed by atoms with Gasteiger partial charge in [0.25, 0.3) is 0 Å². The molecule has 2 aromatic rings. The highest BCUT2D eigenvalue weighted by molar-refractivity contribution is 5.43. The molecule has 0 radical (unpaired) electrons. The Morgan fingerprint density at radius 2 is 2.05 bits per heavy atom. The fraction of sp³-hybridized carbons (Fsp3) is 0.467. The van der Waals surface area contributed by atoms with Crippen molar-refractivity contribution in [1.29, 1.82) is 0 Å². The highest BCUT2D eigenvalue weighted by atomic mass is 16.5.